The van der Waals surface area contributed by atoms with E-state index in [1.54, 1.807) is 36.5 Å². The summed E-state index contributed by atoms with van der Waals surface area (Å²) in [5.41, 5.74) is 0. The minimum absolute atomic E-state index is 0.102. The van der Waals surface area contributed by atoms with Crippen LogP contribution >= 0.6 is 0 Å². The second kappa shape index (κ2) is 6.24. The van der Waals surface area contributed by atoms with Crippen LogP contribution in [0.25, 0.3) is 0 Å². The van der Waals surface area contributed by atoms with Gasteiger partial charge in [-0.05, 0) is 31.2 Å². The first kappa shape index (κ1) is 13.4. The molecule has 0 bridgehead atoms. The van der Waals surface area contributed by atoms with Crippen LogP contribution in [-0.4, -0.2) is 24.0 Å². The predicted octanol–water partition coefficient (Wildman–Crippen LogP) is 2.44. The largest absolute Gasteiger partial charge is 0.467 e. The van der Waals surface area contributed by atoms with E-state index in [9.17, 15) is 4.79 Å². The van der Waals surface area contributed by atoms with Gasteiger partial charge in [0.2, 0.25) is 0 Å². The third-order valence-corrected chi connectivity index (χ3v) is 2.87. The van der Waals surface area contributed by atoms with E-state index in [1.165, 1.54) is 7.11 Å². The lowest BCUT2D eigenvalue weighted by Gasteiger charge is -2.23. The molecule has 5 nitrogen and oxygen atoms in total. The molecule has 0 saturated carbocycles. The highest BCUT2D eigenvalue weighted by Gasteiger charge is 2.22. The zero-order valence-electron chi connectivity index (χ0n) is 11.0. The zero-order chi connectivity index (χ0) is 13.7. The number of rotatable bonds is 6. The molecule has 0 aliphatic carbocycles. The molecule has 5 heteroatoms. The molecule has 0 N–H and O–H groups in total. The highest BCUT2D eigenvalue weighted by atomic mass is 16.5. The molecule has 0 saturated heterocycles. The van der Waals surface area contributed by atoms with Crippen LogP contribution in [-0.2, 0) is 22.6 Å². The average Bonchev–Trinajstić information content (AvgIpc) is 3.09. The Bertz CT molecular complexity index is 453. The Morgan fingerprint density at radius 2 is 1.74 bits per heavy atom. The van der Waals surface area contributed by atoms with Crippen molar-refractivity contribution < 1.29 is 18.4 Å². The summed E-state index contributed by atoms with van der Waals surface area (Å²) in [7, 11) is 1.51. The van der Waals surface area contributed by atoms with Crippen molar-refractivity contribution in [2.24, 2.45) is 0 Å². The number of hydrogen-bond donors (Lipinski definition) is 0. The lowest BCUT2D eigenvalue weighted by molar-refractivity contribution is -0.142. The molecule has 0 fully saturated rings. The standard InChI is InChI=1S/C14H17NO4/c1-11(17-2)14(16)15(9-12-5-3-7-18-12)10-13-6-4-8-19-13/h3-8,11H,9-10H2,1-2H3. The summed E-state index contributed by atoms with van der Waals surface area (Å²) in [5, 5.41) is 0. The molecule has 1 amide bonds. The van der Waals surface area contributed by atoms with Gasteiger partial charge in [-0.2, -0.15) is 0 Å². The summed E-state index contributed by atoms with van der Waals surface area (Å²) in [6.07, 6.45) is 2.68. The third-order valence-electron chi connectivity index (χ3n) is 2.87. The van der Waals surface area contributed by atoms with E-state index in [4.69, 9.17) is 13.6 Å². The SMILES string of the molecule is COC(C)C(=O)N(Cc1ccco1)Cc1ccco1. The molecule has 2 rings (SSSR count). The first-order chi connectivity index (χ1) is 9.20. The molecule has 0 aromatic carbocycles. The monoisotopic (exact) mass is 263 g/mol. The molecule has 2 aromatic heterocycles. The van der Waals surface area contributed by atoms with Crippen LogP contribution in [0.4, 0.5) is 0 Å². The minimum atomic E-state index is -0.495. The van der Waals surface area contributed by atoms with E-state index in [0.29, 0.717) is 13.1 Å². The fourth-order valence-electron chi connectivity index (χ4n) is 1.75. The number of furan rings is 2. The zero-order valence-corrected chi connectivity index (χ0v) is 11.0. The molecule has 19 heavy (non-hydrogen) atoms. The van der Waals surface area contributed by atoms with E-state index < -0.39 is 6.10 Å². The molecule has 1 atom stereocenters. The van der Waals surface area contributed by atoms with Crippen LogP contribution in [0.1, 0.15) is 18.4 Å². The van der Waals surface area contributed by atoms with Crippen molar-refractivity contribution in [1.29, 1.82) is 0 Å². The summed E-state index contributed by atoms with van der Waals surface area (Å²) < 4.78 is 15.6. The van der Waals surface area contributed by atoms with Gasteiger partial charge in [-0.3, -0.25) is 4.79 Å². The molecule has 0 aliphatic rings. The van der Waals surface area contributed by atoms with Crippen molar-refractivity contribution in [2.75, 3.05) is 7.11 Å². The Morgan fingerprint density at radius 3 is 2.11 bits per heavy atom. The van der Waals surface area contributed by atoms with Crippen molar-refractivity contribution in [3.05, 3.63) is 48.3 Å². The van der Waals surface area contributed by atoms with E-state index in [2.05, 4.69) is 0 Å². The van der Waals surface area contributed by atoms with E-state index >= 15 is 0 Å². The highest BCUT2D eigenvalue weighted by Crippen LogP contribution is 2.13. The fraction of sp³-hybridized carbons (Fsp3) is 0.357. The summed E-state index contributed by atoms with van der Waals surface area (Å²) in [5.74, 6) is 1.35. The molecular weight excluding hydrogens is 246 g/mol. The average molecular weight is 263 g/mol. The third kappa shape index (κ3) is 3.48. The number of hydrogen-bond acceptors (Lipinski definition) is 4. The first-order valence-corrected chi connectivity index (χ1v) is 6.07. The molecule has 0 aliphatic heterocycles. The number of carbonyl (C=O) groups is 1. The van der Waals surface area contributed by atoms with Gasteiger partial charge in [-0.25, -0.2) is 0 Å². The maximum atomic E-state index is 12.2. The van der Waals surface area contributed by atoms with Crippen LogP contribution in [0.15, 0.2) is 45.6 Å². The van der Waals surface area contributed by atoms with Gasteiger partial charge in [0.05, 0.1) is 25.6 Å². The van der Waals surface area contributed by atoms with Crippen molar-refractivity contribution in [1.82, 2.24) is 4.90 Å². The minimum Gasteiger partial charge on any atom is -0.467 e. The van der Waals surface area contributed by atoms with Crippen LogP contribution < -0.4 is 0 Å². The Kier molecular flexibility index (Phi) is 4.41. The van der Waals surface area contributed by atoms with Gasteiger partial charge in [0, 0.05) is 7.11 Å². The Labute approximate surface area is 111 Å². The quantitative estimate of drug-likeness (QED) is 0.803. The van der Waals surface area contributed by atoms with Gasteiger partial charge in [0.25, 0.3) is 5.91 Å². The molecule has 0 radical (unpaired) electrons. The summed E-state index contributed by atoms with van der Waals surface area (Å²) in [6, 6.07) is 7.26. The fourth-order valence-corrected chi connectivity index (χ4v) is 1.75. The molecule has 0 spiro atoms. The second-order valence-electron chi connectivity index (χ2n) is 4.23. The number of amides is 1. The Morgan fingerprint density at radius 1 is 1.21 bits per heavy atom. The van der Waals surface area contributed by atoms with Crippen LogP contribution in [0.5, 0.6) is 0 Å². The lowest BCUT2D eigenvalue weighted by Crippen LogP contribution is -2.37. The maximum Gasteiger partial charge on any atom is 0.252 e. The molecule has 1 unspecified atom stereocenters. The van der Waals surface area contributed by atoms with E-state index in [-0.39, 0.29) is 5.91 Å². The number of carbonyl (C=O) groups excluding carboxylic acids is 1. The van der Waals surface area contributed by atoms with Gasteiger partial charge >= 0.3 is 0 Å². The van der Waals surface area contributed by atoms with Gasteiger partial charge in [0.1, 0.15) is 17.6 Å². The number of methoxy groups -OCH3 is 1. The molecule has 2 heterocycles. The van der Waals surface area contributed by atoms with Gasteiger partial charge < -0.3 is 18.5 Å². The number of ether oxygens (including phenoxy) is 1. The topological polar surface area (TPSA) is 55.8 Å². The summed E-state index contributed by atoms with van der Waals surface area (Å²) in [4.78, 5) is 13.9. The molecule has 102 valence electrons. The van der Waals surface area contributed by atoms with Gasteiger partial charge in [0.15, 0.2) is 0 Å². The Balaban J connectivity index is 2.10. The lowest BCUT2D eigenvalue weighted by atomic mass is 10.3. The highest BCUT2D eigenvalue weighted by molar-refractivity contribution is 5.80. The molecular formula is C14H17NO4. The first-order valence-electron chi connectivity index (χ1n) is 6.07. The van der Waals surface area contributed by atoms with Crippen LogP contribution in [0.2, 0.25) is 0 Å². The van der Waals surface area contributed by atoms with Crippen molar-refractivity contribution in [2.45, 2.75) is 26.1 Å². The van der Waals surface area contributed by atoms with Crippen molar-refractivity contribution >= 4 is 5.91 Å². The summed E-state index contributed by atoms with van der Waals surface area (Å²) >= 11 is 0. The van der Waals surface area contributed by atoms with E-state index in [1.807, 2.05) is 12.1 Å². The smallest absolute Gasteiger partial charge is 0.252 e. The normalized spacial score (nSPS) is 12.3. The number of nitrogens with zero attached hydrogens (tertiary/aromatic N) is 1. The van der Waals surface area contributed by atoms with Gasteiger partial charge in [-0.1, -0.05) is 0 Å². The van der Waals surface area contributed by atoms with Crippen molar-refractivity contribution in [3.8, 4) is 0 Å². The van der Waals surface area contributed by atoms with Crippen LogP contribution in [0.3, 0.4) is 0 Å². The predicted molar refractivity (Wildman–Crippen MR) is 68.1 cm³/mol. The van der Waals surface area contributed by atoms with Crippen LogP contribution in [0, 0.1) is 0 Å². The molecule has 2 aromatic rings. The Hall–Kier alpha value is -2.01. The van der Waals surface area contributed by atoms with E-state index in [0.717, 1.165) is 11.5 Å². The van der Waals surface area contributed by atoms with Gasteiger partial charge in [-0.15, -0.1) is 0 Å². The second-order valence-corrected chi connectivity index (χ2v) is 4.23. The summed E-state index contributed by atoms with van der Waals surface area (Å²) in [6.45, 7) is 2.50. The van der Waals surface area contributed by atoms with Crippen molar-refractivity contribution in [3.63, 3.8) is 0 Å². The maximum absolute atomic E-state index is 12.2.